The quantitative estimate of drug-likeness (QED) is 0.0286. The molecule has 0 saturated heterocycles. The molecule has 0 aliphatic rings. The minimum atomic E-state index is -4.62. The molecular formula is C33H63O10P. The average molecular weight is 651 g/mol. The first kappa shape index (κ1) is 42.7. The maximum atomic E-state index is 12.2. The molecule has 11 heteroatoms. The normalized spacial score (nSPS) is 14.4. The summed E-state index contributed by atoms with van der Waals surface area (Å²) in [7, 11) is -4.62. The summed E-state index contributed by atoms with van der Waals surface area (Å²) in [6.07, 6.45) is 23.5. The van der Waals surface area contributed by atoms with E-state index in [1.807, 2.05) is 0 Å². The van der Waals surface area contributed by atoms with Gasteiger partial charge in [-0.1, -0.05) is 109 Å². The van der Waals surface area contributed by atoms with Crippen LogP contribution in [0, 0.1) is 0 Å². The number of phosphoric acid groups is 1. The summed E-state index contributed by atoms with van der Waals surface area (Å²) < 4.78 is 32.2. The molecule has 44 heavy (non-hydrogen) atoms. The molecule has 0 aromatic heterocycles. The Kier molecular flexibility index (Phi) is 29.5. The van der Waals surface area contributed by atoms with Crippen molar-refractivity contribution in [2.75, 3.05) is 26.4 Å². The number of hydrogen-bond donors (Lipinski definition) is 3. The van der Waals surface area contributed by atoms with Crippen LogP contribution in [0.4, 0.5) is 0 Å². The van der Waals surface area contributed by atoms with Crippen molar-refractivity contribution >= 4 is 19.8 Å². The van der Waals surface area contributed by atoms with E-state index in [0.717, 1.165) is 57.8 Å². The van der Waals surface area contributed by atoms with Gasteiger partial charge in [0.2, 0.25) is 0 Å². The third-order valence-electron chi connectivity index (χ3n) is 7.23. The second-order valence-electron chi connectivity index (χ2n) is 11.5. The highest BCUT2D eigenvalue weighted by Gasteiger charge is 2.27. The van der Waals surface area contributed by atoms with Crippen LogP contribution in [0.25, 0.3) is 0 Å². The summed E-state index contributed by atoms with van der Waals surface area (Å²) >= 11 is 0. The van der Waals surface area contributed by atoms with Crippen molar-refractivity contribution in [3.8, 4) is 0 Å². The van der Waals surface area contributed by atoms with E-state index in [9.17, 15) is 29.3 Å². The molecule has 0 fully saturated rings. The van der Waals surface area contributed by atoms with Crippen molar-refractivity contribution in [2.45, 2.75) is 161 Å². The van der Waals surface area contributed by atoms with Gasteiger partial charge >= 0.3 is 19.8 Å². The number of aliphatic hydroxyl groups excluding tert-OH is 2. The Morgan fingerprint density at radius 2 is 0.932 bits per heavy atom. The molecule has 0 amide bonds. The molecule has 0 heterocycles. The van der Waals surface area contributed by atoms with E-state index in [1.165, 1.54) is 51.4 Å². The van der Waals surface area contributed by atoms with E-state index in [2.05, 4.69) is 26.0 Å². The van der Waals surface area contributed by atoms with Crippen molar-refractivity contribution in [1.29, 1.82) is 0 Å². The smallest absolute Gasteiger partial charge is 0.457 e. The Labute approximate surface area is 266 Å². The van der Waals surface area contributed by atoms with Gasteiger partial charge in [-0.3, -0.25) is 18.6 Å². The van der Waals surface area contributed by atoms with E-state index < -0.39 is 58.4 Å². The summed E-state index contributed by atoms with van der Waals surface area (Å²) in [6.45, 7) is 2.11. The molecule has 0 aliphatic heterocycles. The van der Waals surface area contributed by atoms with Gasteiger partial charge in [-0.2, -0.15) is 0 Å². The standard InChI is InChI=1S/C33H63O10P/c1-3-5-7-9-11-13-14-15-16-17-19-21-23-25-33(37)43-31(27-35)29-41-44(38,39)40-28-30(26-34)42-32(36)24-22-20-18-12-10-8-6-4-2/h13-14,30-31,34-35H,3-12,15-29H2,1-2H3,(H,38,39)/b14-13-. The molecule has 0 aliphatic carbocycles. The molecule has 0 rings (SSSR count). The van der Waals surface area contributed by atoms with Crippen molar-refractivity contribution < 1.29 is 47.8 Å². The van der Waals surface area contributed by atoms with Crippen molar-refractivity contribution in [1.82, 2.24) is 0 Å². The van der Waals surface area contributed by atoms with Gasteiger partial charge in [0.05, 0.1) is 26.4 Å². The number of ether oxygens (including phenoxy) is 2. The molecule has 0 bridgehead atoms. The lowest BCUT2D eigenvalue weighted by atomic mass is 10.1. The number of phosphoric ester groups is 1. The first-order valence-electron chi connectivity index (χ1n) is 17.1. The van der Waals surface area contributed by atoms with Crippen molar-refractivity contribution in [3.63, 3.8) is 0 Å². The van der Waals surface area contributed by atoms with Crippen molar-refractivity contribution in [2.24, 2.45) is 0 Å². The van der Waals surface area contributed by atoms with Crippen LogP contribution in [0.1, 0.15) is 149 Å². The number of carbonyl (C=O) groups is 2. The predicted octanol–water partition coefficient (Wildman–Crippen LogP) is 7.72. The van der Waals surface area contributed by atoms with Gasteiger partial charge < -0.3 is 24.6 Å². The molecule has 3 atom stereocenters. The third-order valence-corrected chi connectivity index (χ3v) is 8.18. The van der Waals surface area contributed by atoms with Crippen molar-refractivity contribution in [3.05, 3.63) is 12.2 Å². The molecule has 0 spiro atoms. The lowest BCUT2D eigenvalue weighted by Crippen LogP contribution is -2.28. The second-order valence-corrected chi connectivity index (χ2v) is 13.0. The number of unbranched alkanes of at least 4 members (excludes halogenated alkanes) is 16. The zero-order valence-corrected chi connectivity index (χ0v) is 28.5. The van der Waals surface area contributed by atoms with Crippen LogP contribution in [0.15, 0.2) is 12.2 Å². The first-order valence-corrected chi connectivity index (χ1v) is 18.6. The minimum Gasteiger partial charge on any atom is -0.457 e. The molecule has 3 N–H and O–H groups in total. The number of aliphatic hydroxyl groups is 2. The SMILES string of the molecule is CCCCCC/C=C\CCCCCCCC(=O)OC(CO)COP(=O)(O)OCC(CO)OC(=O)CCCCCCCCCC. The van der Waals surface area contributed by atoms with Gasteiger partial charge in [0.1, 0.15) is 12.2 Å². The van der Waals surface area contributed by atoms with Crippen LogP contribution in [-0.4, -0.2) is 65.7 Å². The highest BCUT2D eigenvalue weighted by molar-refractivity contribution is 7.47. The van der Waals surface area contributed by atoms with Crippen LogP contribution in [0.2, 0.25) is 0 Å². The molecular weight excluding hydrogens is 587 g/mol. The third kappa shape index (κ3) is 28.2. The molecule has 10 nitrogen and oxygen atoms in total. The lowest BCUT2D eigenvalue weighted by molar-refractivity contribution is -0.153. The highest BCUT2D eigenvalue weighted by atomic mass is 31.2. The van der Waals surface area contributed by atoms with Crippen LogP contribution < -0.4 is 0 Å². The number of rotatable bonds is 32. The molecule has 3 unspecified atom stereocenters. The fourth-order valence-corrected chi connectivity index (χ4v) is 5.30. The maximum absolute atomic E-state index is 12.2. The maximum Gasteiger partial charge on any atom is 0.472 e. The summed E-state index contributed by atoms with van der Waals surface area (Å²) in [4.78, 5) is 34.1. The average Bonchev–Trinajstić information content (AvgIpc) is 3.01. The van der Waals surface area contributed by atoms with E-state index in [0.29, 0.717) is 12.8 Å². The summed E-state index contributed by atoms with van der Waals surface area (Å²) in [5, 5.41) is 19.0. The van der Waals surface area contributed by atoms with E-state index in [4.69, 9.17) is 18.5 Å². The number of esters is 2. The van der Waals surface area contributed by atoms with Gasteiger partial charge in [0.25, 0.3) is 0 Å². The predicted molar refractivity (Wildman–Crippen MR) is 173 cm³/mol. The second kappa shape index (κ2) is 30.4. The van der Waals surface area contributed by atoms with Crippen LogP contribution in [0.3, 0.4) is 0 Å². The van der Waals surface area contributed by atoms with Crippen LogP contribution >= 0.6 is 7.82 Å². The fraction of sp³-hybridized carbons (Fsp3) is 0.879. The lowest BCUT2D eigenvalue weighted by Gasteiger charge is -2.20. The number of hydrogen-bond acceptors (Lipinski definition) is 9. The van der Waals surface area contributed by atoms with Crippen LogP contribution in [-0.2, 0) is 32.7 Å². The summed E-state index contributed by atoms with van der Waals surface area (Å²) in [6, 6.07) is 0. The molecule has 0 aromatic carbocycles. The molecule has 260 valence electrons. The monoisotopic (exact) mass is 650 g/mol. The fourth-order valence-electron chi connectivity index (χ4n) is 4.52. The molecule has 0 saturated carbocycles. The van der Waals surface area contributed by atoms with Gasteiger partial charge in [-0.15, -0.1) is 0 Å². The van der Waals surface area contributed by atoms with Gasteiger partial charge in [-0.25, -0.2) is 4.57 Å². The summed E-state index contributed by atoms with van der Waals surface area (Å²) in [5.41, 5.74) is 0. The zero-order valence-electron chi connectivity index (χ0n) is 27.6. The first-order chi connectivity index (χ1) is 21.3. The Balaban J connectivity index is 4.04. The Bertz CT molecular complexity index is 761. The summed E-state index contributed by atoms with van der Waals surface area (Å²) in [5.74, 6) is -1.03. The largest absolute Gasteiger partial charge is 0.472 e. The molecule has 0 radical (unpaired) electrons. The van der Waals surface area contributed by atoms with Crippen LogP contribution in [0.5, 0.6) is 0 Å². The van der Waals surface area contributed by atoms with Gasteiger partial charge in [0, 0.05) is 12.8 Å². The Morgan fingerprint density at radius 3 is 1.32 bits per heavy atom. The Morgan fingerprint density at radius 1 is 0.591 bits per heavy atom. The van der Waals surface area contributed by atoms with Gasteiger partial charge in [0.15, 0.2) is 0 Å². The zero-order chi connectivity index (χ0) is 32.7. The topological polar surface area (TPSA) is 149 Å². The minimum absolute atomic E-state index is 0.184. The Hall–Kier alpha value is -1.29. The van der Waals surface area contributed by atoms with E-state index in [-0.39, 0.29) is 12.8 Å². The highest BCUT2D eigenvalue weighted by Crippen LogP contribution is 2.43. The number of allylic oxidation sites excluding steroid dienone is 2. The van der Waals surface area contributed by atoms with E-state index >= 15 is 0 Å². The van der Waals surface area contributed by atoms with E-state index in [1.54, 1.807) is 0 Å². The van der Waals surface area contributed by atoms with Gasteiger partial charge in [-0.05, 0) is 38.5 Å². The molecule has 0 aromatic rings. The number of carbonyl (C=O) groups excluding carboxylic acids is 2.